The van der Waals surface area contributed by atoms with Crippen molar-refractivity contribution in [2.45, 2.75) is 64.8 Å². The zero-order valence-corrected chi connectivity index (χ0v) is 27.5. The summed E-state index contributed by atoms with van der Waals surface area (Å²) in [4.78, 5) is 68.8. The molecule has 2 atom stereocenters. The van der Waals surface area contributed by atoms with Gasteiger partial charge in [-0.3, -0.25) is 28.9 Å². The fourth-order valence-electron chi connectivity index (χ4n) is 5.34. The Labute approximate surface area is 275 Å². The number of rotatable bonds is 6. The molecule has 0 saturated carbocycles. The van der Waals surface area contributed by atoms with Crippen LogP contribution in [0.2, 0.25) is 0 Å². The monoisotopic (exact) mass is 650 g/mol. The first-order chi connectivity index (χ1) is 22.4. The number of amides is 5. The van der Waals surface area contributed by atoms with E-state index in [4.69, 9.17) is 9.47 Å². The van der Waals surface area contributed by atoms with Crippen molar-refractivity contribution < 1.29 is 33.4 Å². The maximum absolute atomic E-state index is 13.6. The second-order valence-corrected chi connectivity index (χ2v) is 12.7. The summed E-state index contributed by atoms with van der Waals surface area (Å²) < 4.78 is 11.3. The van der Waals surface area contributed by atoms with E-state index in [-0.39, 0.29) is 36.9 Å². The zero-order chi connectivity index (χ0) is 34.0. The lowest BCUT2D eigenvalue weighted by molar-refractivity contribution is -0.136. The molecule has 5 N–H and O–H groups in total. The van der Waals surface area contributed by atoms with Crippen molar-refractivity contribution in [2.75, 3.05) is 39.5 Å². The smallest absolute Gasteiger partial charge is 0.255 e. The van der Waals surface area contributed by atoms with Crippen LogP contribution in [0, 0.1) is 5.92 Å². The summed E-state index contributed by atoms with van der Waals surface area (Å²) in [5, 5.41) is 13.7. The van der Waals surface area contributed by atoms with Crippen molar-refractivity contribution in [3.63, 3.8) is 0 Å². The first-order valence-corrected chi connectivity index (χ1v) is 16.0. The molecule has 2 aromatic carbocycles. The Morgan fingerprint density at radius 1 is 0.979 bits per heavy atom. The molecule has 2 heterocycles. The minimum absolute atomic E-state index is 0.0504. The minimum atomic E-state index is -1.43. The molecule has 0 aromatic heterocycles. The van der Waals surface area contributed by atoms with E-state index < -0.39 is 53.6 Å². The molecule has 13 heteroatoms. The van der Waals surface area contributed by atoms with E-state index in [1.165, 1.54) is 13.8 Å². The summed E-state index contributed by atoms with van der Waals surface area (Å²) in [5.74, 6) is -2.81. The number of hydrogen-bond donors (Lipinski definition) is 5. The van der Waals surface area contributed by atoms with Crippen molar-refractivity contribution in [3.05, 3.63) is 65.2 Å². The lowest BCUT2D eigenvalue weighted by atomic mass is 9.99. The predicted molar refractivity (Wildman–Crippen MR) is 174 cm³/mol. The Hall–Kier alpha value is -4.49. The van der Waals surface area contributed by atoms with Crippen LogP contribution in [-0.2, 0) is 37.0 Å². The summed E-state index contributed by atoms with van der Waals surface area (Å²) in [6.45, 7) is 10.8. The van der Waals surface area contributed by atoms with Crippen molar-refractivity contribution in [1.29, 1.82) is 0 Å². The maximum Gasteiger partial charge on any atom is 0.255 e. The van der Waals surface area contributed by atoms with E-state index >= 15 is 0 Å². The number of morpholine rings is 1. The predicted octanol–water partition coefficient (Wildman–Crippen LogP) is 0.868. The number of hydrogen-bond acceptors (Lipinski definition) is 8. The highest BCUT2D eigenvalue weighted by Crippen LogP contribution is 2.19. The summed E-state index contributed by atoms with van der Waals surface area (Å²) in [5.41, 5.74) is 0.693. The number of benzene rings is 2. The van der Waals surface area contributed by atoms with E-state index in [0.29, 0.717) is 13.2 Å². The van der Waals surface area contributed by atoms with Crippen molar-refractivity contribution in [2.24, 2.45) is 5.92 Å². The molecule has 47 heavy (non-hydrogen) atoms. The number of carbonyl (C=O) groups is 5. The van der Waals surface area contributed by atoms with E-state index in [2.05, 4.69) is 31.5 Å². The molecule has 2 aromatic rings. The van der Waals surface area contributed by atoms with E-state index in [9.17, 15) is 24.0 Å². The van der Waals surface area contributed by atoms with Gasteiger partial charge in [-0.15, -0.1) is 0 Å². The summed E-state index contributed by atoms with van der Waals surface area (Å²) in [7, 11) is 0. The van der Waals surface area contributed by atoms with Gasteiger partial charge in [0.1, 0.15) is 30.0 Å². The second kappa shape index (κ2) is 16.4. The molecule has 0 spiro atoms. The third-order valence-corrected chi connectivity index (χ3v) is 8.03. The Morgan fingerprint density at radius 2 is 1.70 bits per heavy atom. The second-order valence-electron chi connectivity index (χ2n) is 12.7. The third-order valence-electron chi connectivity index (χ3n) is 8.03. The van der Waals surface area contributed by atoms with Gasteiger partial charge in [-0.25, -0.2) is 0 Å². The highest BCUT2D eigenvalue weighted by atomic mass is 16.5. The molecule has 1 saturated heterocycles. The van der Waals surface area contributed by atoms with Gasteiger partial charge in [0.05, 0.1) is 31.7 Å². The average molecular weight is 651 g/mol. The zero-order valence-electron chi connectivity index (χ0n) is 27.5. The van der Waals surface area contributed by atoms with Crippen LogP contribution in [0.3, 0.4) is 0 Å². The van der Waals surface area contributed by atoms with E-state index in [1.54, 1.807) is 38.1 Å². The Morgan fingerprint density at radius 3 is 2.45 bits per heavy atom. The molecule has 2 aliphatic rings. The fourth-order valence-corrected chi connectivity index (χ4v) is 5.34. The normalized spacial score (nSPS) is 21.6. The lowest BCUT2D eigenvalue weighted by Crippen LogP contribution is -2.60. The van der Waals surface area contributed by atoms with Gasteiger partial charge in [-0.05, 0) is 43.0 Å². The first-order valence-electron chi connectivity index (χ1n) is 16.0. The number of ether oxygens (including phenoxy) is 2. The Kier molecular flexibility index (Phi) is 12.3. The molecular formula is C34H46N6O7. The third kappa shape index (κ3) is 10.2. The Bertz CT molecular complexity index is 1440. The standard InChI is InChI=1S/C34H46N6O7/c1-22(2)29-32(44)35-12-15-47-27-11-6-5-10-25(27)30(42)37-26(19-28(41)39-34(3,4)33(45)38-29)31(43)36-20-23-8-7-9-24(18-23)21-40-13-16-46-17-14-40/h5-11,18,22,26,29H,12-17,19-21H2,1-4H3,(H,35,44)(H,36,43)(H,37,42)(H,38,45)(H,39,41)/t26-,29+/m0/s1. The highest BCUT2D eigenvalue weighted by molar-refractivity contribution is 6.01. The van der Waals surface area contributed by atoms with Gasteiger partial charge < -0.3 is 36.1 Å². The first kappa shape index (κ1) is 35.4. The molecule has 0 bridgehead atoms. The number of nitrogens with zero attached hydrogens (tertiary/aromatic N) is 1. The van der Waals surface area contributed by atoms with Gasteiger partial charge >= 0.3 is 0 Å². The topological polar surface area (TPSA) is 167 Å². The van der Waals surface area contributed by atoms with E-state index in [0.717, 1.165) is 30.8 Å². The molecule has 4 rings (SSSR count). The molecule has 0 radical (unpaired) electrons. The van der Waals surface area contributed by atoms with Crippen LogP contribution in [0.4, 0.5) is 0 Å². The largest absolute Gasteiger partial charge is 0.491 e. The lowest BCUT2D eigenvalue weighted by Gasteiger charge is -2.30. The molecule has 254 valence electrons. The molecule has 2 aliphatic heterocycles. The maximum atomic E-state index is 13.6. The molecule has 5 amide bonds. The van der Waals surface area contributed by atoms with E-state index in [1.807, 2.05) is 24.3 Å². The van der Waals surface area contributed by atoms with Crippen LogP contribution in [-0.4, -0.2) is 91.5 Å². The Balaban J connectivity index is 1.53. The fraction of sp³-hybridized carbons (Fsp3) is 0.500. The summed E-state index contributed by atoms with van der Waals surface area (Å²) >= 11 is 0. The van der Waals surface area contributed by atoms with Crippen molar-refractivity contribution in [3.8, 4) is 5.75 Å². The quantitative estimate of drug-likeness (QED) is 0.307. The van der Waals surface area contributed by atoms with Crippen LogP contribution in [0.25, 0.3) is 0 Å². The number of fused-ring (bicyclic) bond motifs is 1. The van der Waals surface area contributed by atoms with Gasteiger partial charge in [0.15, 0.2) is 0 Å². The highest BCUT2D eigenvalue weighted by Gasteiger charge is 2.35. The van der Waals surface area contributed by atoms with Gasteiger partial charge in [0.25, 0.3) is 5.91 Å². The van der Waals surface area contributed by atoms with Crippen LogP contribution < -0.4 is 31.3 Å². The van der Waals surface area contributed by atoms with Crippen molar-refractivity contribution in [1.82, 2.24) is 31.5 Å². The van der Waals surface area contributed by atoms with Gasteiger partial charge in [0, 0.05) is 26.2 Å². The van der Waals surface area contributed by atoms with Crippen LogP contribution in [0.5, 0.6) is 5.75 Å². The summed E-state index contributed by atoms with van der Waals surface area (Å²) in [6, 6.07) is 12.2. The number of para-hydroxylation sites is 1. The van der Waals surface area contributed by atoms with Crippen LogP contribution in [0.15, 0.2) is 48.5 Å². The minimum Gasteiger partial charge on any atom is -0.491 e. The average Bonchev–Trinajstić information content (AvgIpc) is 3.04. The molecule has 13 nitrogen and oxygen atoms in total. The molecule has 0 unspecified atom stereocenters. The SMILES string of the molecule is CC(C)[C@H]1NC(=O)C(C)(C)NC(=O)C[C@@H](C(=O)NCc2cccc(CN3CCOCC3)c2)NC(=O)c2ccccc2OCCNC1=O. The molecule has 0 aliphatic carbocycles. The van der Waals surface area contributed by atoms with Gasteiger partial charge in [-0.2, -0.15) is 0 Å². The number of nitrogens with one attached hydrogen (secondary N) is 5. The van der Waals surface area contributed by atoms with Crippen molar-refractivity contribution >= 4 is 29.5 Å². The van der Waals surface area contributed by atoms with Gasteiger partial charge in [0.2, 0.25) is 23.6 Å². The summed E-state index contributed by atoms with van der Waals surface area (Å²) in [6.07, 6.45) is -0.442. The van der Waals surface area contributed by atoms with Crippen LogP contribution >= 0.6 is 0 Å². The number of carbonyl (C=O) groups excluding carboxylic acids is 5. The molecule has 1 fully saturated rings. The molecular weight excluding hydrogens is 604 g/mol. The van der Waals surface area contributed by atoms with Gasteiger partial charge in [-0.1, -0.05) is 50.2 Å². The van der Waals surface area contributed by atoms with Crippen LogP contribution in [0.1, 0.15) is 55.6 Å².